The molecule has 0 atom stereocenters. The molecule has 0 aliphatic carbocycles. The molecule has 0 unspecified atom stereocenters. The van der Waals surface area contributed by atoms with E-state index in [0.717, 1.165) is 0 Å². The lowest BCUT2D eigenvalue weighted by atomic mass is 10.1. The van der Waals surface area contributed by atoms with Crippen molar-refractivity contribution < 1.29 is 9.53 Å². The van der Waals surface area contributed by atoms with E-state index in [1.165, 1.54) is 7.11 Å². The third-order valence-corrected chi connectivity index (χ3v) is 2.29. The highest BCUT2D eigenvalue weighted by Gasteiger charge is 2.09. The Morgan fingerprint density at radius 2 is 2.19 bits per heavy atom. The van der Waals surface area contributed by atoms with Gasteiger partial charge in [0.1, 0.15) is 5.82 Å². The first kappa shape index (κ1) is 10.6. The number of esters is 1. The van der Waals surface area contributed by atoms with Crippen molar-refractivity contribution in [3.8, 4) is 0 Å². The van der Waals surface area contributed by atoms with Crippen molar-refractivity contribution in [2.75, 3.05) is 12.8 Å². The highest BCUT2D eigenvalue weighted by Crippen LogP contribution is 2.21. The Morgan fingerprint density at radius 3 is 2.88 bits per heavy atom. The Kier molecular flexibility index (Phi) is 2.62. The van der Waals surface area contributed by atoms with Crippen molar-refractivity contribution in [1.82, 2.24) is 9.97 Å². The molecular formula is C10H8ClN3O2. The Labute approximate surface area is 96.2 Å². The minimum Gasteiger partial charge on any atom is -0.465 e. The maximum absolute atomic E-state index is 11.3. The molecule has 1 aromatic heterocycles. The zero-order valence-electron chi connectivity index (χ0n) is 8.40. The van der Waals surface area contributed by atoms with Crippen LogP contribution >= 0.6 is 11.6 Å². The highest BCUT2D eigenvalue weighted by molar-refractivity contribution is 6.28. The van der Waals surface area contributed by atoms with E-state index in [1.807, 2.05) is 0 Å². The normalized spacial score (nSPS) is 10.4. The number of nitrogens with zero attached hydrogens (tertiary/aromatic N) is 2. The second kappa shape index (κ2) is 3.94. The lowest BCUT2D eigenvalue weighted by Gasteiger charge is -2.03. The summed E-state index contributed by atoms with van der Waals surface area (Å²) in [5.41, 5.74) is 6.66. The minimum atomic E-state index is -0.434. The van der Waals surface area contributed by atoms with Gasteiger partial charge in [0, 0.05) is 5.39 Å². The molecule has 0 aliphatic heterocycles. The maximum Gasteiger partial charge on any atom is 0.337 e. The summed E-state index contributed by atoms with van der Waals surface area (Å²) in [4.78, 5) is 19.1. The third-order valence-electron chi connectivity index (χ3n) is 2.12. The van der Waals surface area contributed by atoms with Crippen LogP contribution in [0.4, 0.5) is 5.82 Å². The third kappa shape index (κ3) is 1.77. The number of methoxy groups -OCH3 is 1. The number of nitrogen functional groups attached to an aromatic ring is 1. The summed E-state index contributed by atoms with van der Waals surface area (Å²) in [6, 6.07) is 4.81. The molecule has 1 aromatic carbocycles. The summed E-state index contributed by atoms with van der Waals surface area (Å²) >= 11 is 5.66. The zero-order valence-corrected chi connectivity index (χ0v) is 9.15. The van der Waals surface area contributed by atoms with Crippen LogP contribution in [0.1, 0.15) is 10.4 Å². The van der Waals surface area contributed by atoms with Crippen molar-refractivity contribution >= 4 is 34.3 Å². The van der Waals surface area contributed by atoms with Crippen LogP contribution in [0, 0.1) is 0 Å². The molecule has 0 saturated carbocycles. The van der Waals surface area contributed by atoms with Crippen molar-refractivity contribution in [1.29, 1.82) is 0 Å². The van der Waals surface area contributed by atoms with E-state index in [1.54, 1.807) is 18.2 Å². The standard InChI is InChI=1S/C10H8ClN3O2/c1-16-9(15)5-2-3-7-6(4-5)8(12)14-10(11)13-7/h2-4H,1H3,(H2,12,13,14). The molecule has 0 bridgehead atoms. The highest BCUT2D eigenvalue weighted by atomic mass is 35.5. The fraction of sp³-hybridized carbons (Fsp3) is 0.100. The predicted octanol–water partition coefficient (Wildman–Crippen LogP) is 1.65. The predicted molar refractivity (Wildman–Crippen MR) is 60.3 cm³/mol. The van der Waals surface area contributed by atoms with Gasteiger partial charge in [-0.05, 0) is 29.8 Å². The van der Waals surface area contributed by atoms with Crippen molar-refractivity contribution in [3.63, 3.8) is 0 Å². The monoisotopic (exact) mass is 237 g/mol. The first-order valence-electron chi connectivity index (χ1n) is 4.43. The van der Waals surface area contributed by atoms with Crippen LogP contribution in [-0.2, 0) is 4.74 Å². The molecule has 0 aliphatic rings. The average molecular weight is 238 g/mol. The molecule has 5 nitrogen and oxygen atoms in total. The lowest BCUT2D eigenvalue weighted by molar-refractivity contribution is 0.0601. The number of hydrogen-bond acceptors (Lipinski definition) is 5. The van der Waals surface area contributed by atoms with Gasteiger partial charge in [-0.15, -0.1) is 0 Å². The van der Waals surface area contributed by atoms with Gasteiger partial charge in [0.05, 0.1) is 18.2 Å². The van der Waals surface area contributed by atoms with Crippen molar-refractivity contribution in [2.24, 2.45) is 0 Å². The SMILES string of the molecule is COC(=O)c1ccc2nc(Cl)nc(N)c2c1. The Morgan fingerprint density at radius 1 is 1.44 bits per heavy atom. The van der Waals surface area contributed by atoms with Crippen molar-refractivity contribution in [2.45, 2.75) is 0 Å². The zero-order chi connectivity index (χ0) is 11.7. The van der Waals surface area contributed by atoms with Gasteiger partial charge in [0.2, 0.25) is 5.28 Å². The number of fused-ring (bicyclic) bond motifs is 1. The van der Waals surface area contributed by atoms with E-state index in [0.29, 0.717) is 16.5 Å². The average Bonchev–Trinajstić information content (AvgIpc) is 2.27. The fourth-order valence-corrected chi connectivity index (χ4v) is 1.55. The van der Waals surface area contributed by atoms with Gasteiger partial charge in [-0.2, -0.15) is 0 Å². The van der Waals surface area contributed by atoms with Crippen LogP contribution in [0.25, 0.3) is 10.9 Å². The Balaban J connectivity index is 2.66. The number of nitrogens with two attached hydrogens (primary N) is 1. The maximum atomic E-state index is 11.3. The molecule has 0 radical (unpaired) electrons. The van der Waals surface area contributed by atoms with E-state index >= 15 is 0 Å². The molecule has 6 heteroatoms. The molecule has 2 rings (SSSR count). The number of carbonyl (C=O) groups is 1. The van der Waals surface area contributed by atoms with Gasteiger partial charge in [0.15, 0.2) is 0 Å². The van der Waals surface area contributed by atoms with Crippen LogP contribution in [0.15, 0.2) is 18.2 Å². The number of anilines is 1. The second-order valence-corrected chi connectivity index (χ2v) is 3.44. The Hall–Kier alpha value is -1.88. The molecule has 0 fully saturated rings. The smallest absolute Gasteiger partial charge is 0.337 e. The van der Waals surface area contributed by atoms with Crippen molar-refractivity contribution in [3.05, 3.63) is 29.0 Å². The molecule has 82 valence electrons. The van der Waals surface area contributed by atoms with E-state index in [-0.39, 0.29) is 11.1 Å². The van der Waals surface area contributed by atoms with E-state index in [4.69, 9.17) is 17.3 Å². The summed E-state index contributed by atoms with van der Waals surface area (Å²) in [6.07, 6.45) is 0. The van der Waals surface area contributed by atoms with Gasteiger partial charge in [-0.1, -0.05) is 0 Å². The number of rotatable bonds is 1. The molecule has 0 saturated heterocycles. The molecular weight excluding hydrogens is 230 g/mol. The van der Waals surface area contributed by atoms with Crippen LogP contribution in [-0.4, -0.2) is 23.0 Å². The van der Waals surface area contributed by atoms with E-state index in [2.05, 4.69) is 14.7 Å². The minimum absolute atomic E-state index is 0.0795. The fourth-order valence-electron chi connectivity index (χ4n) is 1.37. The summed E-state index contributed by atoms with van der Waals surface area (Å²) in [6.45, 7) is 0. The first-order valence-corrected chi connectivity index (χ1v) is 4.80. The summed E-state index contributed by atoms with van der Waals surface area (Å²) in [7, 11) is 1.31. The largest absolute Gasteiger partial charge is 0.465 e. The van der Waals surface area contributed by atoms with Gasteiger partial charge in [-0.25, -0.2) is 14.8 Å². The van der Waals surface area contributed by atoms with Gasteiger partial charge in [0.25, 0.3) is 0 Å². The van der Waals surface area contributed by atoms with Crippen LogP contribution in [0.3, 0.4) is 0 Å². The molecule has 0 amide bonds. The number of benzene rings is 1. The molecule has 0 spiro atoms. The summed E-state index contributed by atoms with van der Waals surface area (Å²) < 4.78 is 4.60. The van der Waals surface area contributed by atoms with E-state index in [9.17, 15) is 4.79 Å². The topological polar surface area (TPSA) is 78.1 Å². The van der Waals surface area contributed by atoms with Gasteiger partial charge >= 0.3 is 5.97 Å². The number of carbonyl (C=O) groups excluding carboxylic acids is 1. The van der Waals surface area contributed by atoms with Gasteiger partial charge < -0.3 is 10.5 Å². The number of aromatic nitrogens is 2. The van der Waals surface area contributed by atoms with Crippen LogP contribution < -0.4 is 5.73 Å². The van der Waals surface area contributed by atoms with Crippen LogP contribution in [0.5, 0.6) is 0 Å². The molecule has 2 aromatic rings. The molecule has 1 heterocycles. The first-order chi connectivity index (χ1) is 7.61. The van der Waals surface area contributed by atoms with Gasteiger partial charge in [-0.3, -0.25) is 0 Å². The quantitative estimate of drug-likeness (QED) is 0.603. The van der Waals surface area contributed by atoms with E-state index < -0.39 is 5.97 Å². The number of halogens is 1. The lowest BCUT2D eigenvalue weighted by Crippen LogP contribution is -2.02. The number of hydrogen-bond donors (Lipinski definition) is 1. The molecule has 16 heavy (non-hydrogen) atoms. The molecule has 2 N–H and O–H groups in total. The second-order valence-electron chi connectivity index (χ2n) is 3.10. The van der Waals surface area contributed by atoms with Crippen LogP contribution in [0.2, 0.25) is 5.28 Å². The summed E-state index contributed by atoms with van der Waals surface area (Å²) in [5, 5.41) is 0.656. The summed E-state index contributed by atoms with van der Waals surface area (Å²) in [5.74, 6) is -0.197. The number of ether oxygens (including phenoxy) is 1. The Bertz CT molecular complexity index is 571.